The number of hydrogen-bond donors (Lipinski definition) is 3. The lowest BCUT2D eigenvalue weighted by Gasteiger charge is -2.11. The van der Waals surface area contributed by atoms with Crippen molar-refractivity contribution in [3.8, 4) is 0 Å². The molecule has 0 saturated heterocycles. The number of unbranched alkanes of at least 4 members (excludes halogenated alkanes) is 1. The smallest absolute Gasteiger partial charge is 0.224 e. The highest BCUT2D eigenvalue weighted by Crippen LogP contribution is 2.13. The molecule has 1 rings (SSSR count). The normalized spacial score (nSPS) is 11.5. The Bertz CT molecular complexity index is 526. The summed E-state index contributed by atoms with van der Waals surface area (Å²) in [6.45, 7) is 10.6. The van der Waals surface area contributed by atoms with Gasteiger partial charge in [0.05, 0.1) is 6.54 Å². The van der Waals surface area contributed by atoms with Crippen LogP contribution in [0.25, 0.3) is 0 Å². The van der Waals surface area contributed by atoms with E-state index < -0.39 is 0 Å². The lowest BCUT2D eigenvalue weighted by molar-refractivity contribution is -0.116. The molecule has 0 spiro atoms. The molecular weight excluding hydrogens is 300 g/mol. The molecule has 0 aliphatic heterocycles. The maximum absolute atomic E-state index is 11.9. The van der Waals surface area contributed by atoms with Gasteiger partial charge in [-0.1, -0.05) is 39.3 Å². The molecule has 0 aliphatic carbocycles. The van der Waals surface area contributed by atoms with Crippen LogP contribution in [0.4, 0.5) is 5.69 Å². The summed E-state index contributed by atoms with van der Waals surface area (Å²) in [6, 6.07) is 7.87. The SMILES string of the molecule is CCCCNC(=NCc1cccc(NC(=O)CC(C)C)c1)NCC. The van der Waals surface area contributed by atoms with Crippen LogP contribution >= 0.6 is 0 Å². The van der Waals surface area contributed by atoms with Gasteiger partial charge in [-0.2, -0.15) is 0 Å². The van der Waals surface area contributed by atoms with Crippen molar-refractivity contribution in [2.24, 2.45) is 10.9 Å². The summed E-state index contributed by atoms with van der Waals surface area (Å²) in [6.07, 6.45) is 2.82. The number of benzene rings is 1. The molecule has 0 unspecified atom stereocenters. The molecule has 5 heteroatoms. The molecule has 24 heavy (non-hydrogen) atoms. The van der Waals surface area contributed by atoms with E-state index >= 15 is 0 Å². The van der Waals surface area contributed by atoms with Gasteiger partial charge in [0.25, 0.3) is 0 Å². The van der Waals surface area contributed by atoms with Crippen LogP contribution < -0.4 is 16.0 Å². The molecule has 0 saturated carbocycles. The maximum Gasteiger partial charge on any atom is 0.224 e. The number of hydrogen-bond acceptors (Lipinski definition) is 2. The first-order chi connectivity index (χ1) is 11.5. The zero-order chi connectivity index (χ0) is 17.8. The van der Waals surface area contributed by atoms with E-state index in [1.807, 2.05) is 38.1 Å². The van der Waals surface area contributed by atoms with Crippen molar-refractivity contribution >= 4 is 17.6 Å². The summed E-state index contributed by atoms with van der Waals surface area (Å²) in [5, 5.41) is 9.53. The second kappa shape index (κ2) is 11.5. The molecule has 0 aromatic heterocycles. The molecule has 0 heterocycles. The standard InChI is InChI=1S/C19H32N4O/c1-5-7-11-21-19(20-6-2)22-14-16-9-8-10-17(13-16)23-18(24)12-15(3)4/h8-10,13,15H,5-7,11-12,14H2,1-4H3,(H,23,24)(H2,20,21,22). The minimum atomic E-state index is 0.0558. The van der Waals surface area contributed by atoms with Crippen LogP contribution in [-0.2, 0) is 11.3 Å². The fourth-order valence-electron chi connectivity index (χ4n) is 2.23. The van der Waals surface area contributed by atoms with Crippen molar-refractivity contribution < 1.29 is 4.79 Å². The Morgan fingerprint density at radius 2 is 2.00 bits per heavy atom. The molecule has 134 valence electrons. The predicted octanol–water partition coefficient (Wildman–Crippen LogP) is 3.53. The molecule has 0 bridgehead atoms. The van der Waals surface area contributed by atoms with Crippen molar-refractivity contribution in [3.05, 3.63) is 29.8 Å². The number of anilines is 1. The number of rotatable bonds is 9. The number of aliphatic imine (C=N–C) groups is 1. The van der Waals surface area contributed by atoms with Crippen molar-refractivity contribution in [1.82, 2.24) is 10.6 Å². The Morgan fingerprint density at radius 1 is 1.21 bits per heavy atom. The Kier molecular flexibility index (Phi) is 9.58. The van der Waals surface area contributed by atoms with Crippen molar-refractivity contribution in [2.75, 3.05) is 18.4 Å². The minimum absolute atomic E-state index is 0.0558. The van der Waals surface area contributed by atoms with E-state index in [-0.39, 0.29) is 5.91 Å². The Hall–Kier alpha value is -2.04. The molecular formula is C19H32N4O. The van der Waals surface area contributed by atoms with Crippen molar-refractivity contribution in [3.63, 3.8) is 0 Å². The predicted molar refractivity (Wildman–Crippen MR) is 102 cm³/mol. The van der Waals surface area contributed by atoms with Gasteiger partial charge < -0.3 is 16.0 Å². The molecule has 5 nitrogen and oxygen atoms in total. The van der Waals surface area contributed by atoms with E-state index in [4.69, 9.17) is 0 Å². The third kappa shape index (κ3) is 8.56. The first-order valence-electron chi connectivity index (χ1n) is 8.96. The van der Waals surface area contributed by atoms with Crippen LogP contribution in [0.1, 0.15) is 52.5 Å². The van der Waals surface area contributed by atoms with Crippen LogP contribution in [0, 0.1) is 5.92 Å². The number of carbonyl (C=O) groups excluding carboxylic acids is 1. The van der Waals surface area contributed by atoms with Crippen LogP contribution in [-0.4, -0.2) is 25.0 Å². The monoisotopic (exact) mass is 332 g/mol. The summed E-state index contributed by atoms with van der Waals surface area (Å²) in [7, 11) is 0. The Balaban J connectivity index is 2.64. The highest BCUT2D eigenvalue weighted by molar-refractivity contribution is 5.90. The molecule has 1 amide bonds. The van der Waals surface area contributed by atoms with E-state index in [0.717, 1.165) is 43.1 Å². The van der Waals surface area contributed by atoms with E-state index in [0.29, 0.717) is 18.9 Å². The van der Waals surface area contributed by atoms with E-state index in [2.05, 4.69) is 34.8 Å². The van der Waals surface area contributed by atoms with Crippen LogP contribution in [0.2, 0.25) is 0 Å². The maximum atomic E-state index is 11.9. The highest BCUT2D eigenvalue weighted by Gasteiger charge is 2.05. The van der Waals surface area contributed by atoms with E-state index in [1.54, 1.807) is 0 Å². The van der Waals surface area contributed by atoms with Crippen molar-refractivity contribution in [1.29, 1.82) is 0 Å². The summed E-state index contributed by atoms with van der Waals surface area (Å²) in [5.41, 5.74) is 1.90. The largest absolute Gasteiger partial charge is 0.357 e. The summed E-state index contributed by atoms with van der Waals surface area (Å²) in [5.74, 6) is 1.25. The Morgan fingerprint density at radius 3 is 2.67 bits per heavy atom. The summed E-state index contributed by atoms with van der Waals surface area (Å²) >= 11 is 0. The number of carbonyl (C=O) groups is 1. The lowest BCUT2D eigenvalue weighted by atomic mass is 10.1. The average Bonchev–Trinajstić information content (AvgIpc) is 2.52. The molecule has 0 fully saturated rings. The fraction of sp³-hybridized carbons (Fsp3) is 0.579. The van der Waals surface area contributed by atoms with Gasteiger partial charge in [-0.25, -0.2) is 4.99 Å². The average molecular weight is 332 g/mol. The second-order valence-electron chi connectivity index (χ2n) is 6.32. The lowest BCUT2D eigenvalue weighted by Crippen LogP contribution is -2.37. The van der Waals surface area contributed by atoms with Gasteiger partial charge in [-0.05, 0) is 37.0 Å². The first kappa shape index (κ1) is 20.0. The zero-order valence-corrected chi connectivity index (χ0v) is 15.5. The number of nitrogens with one attached hydrogen (secondary N) is 3. The van der Waals surface area contributed by atoms with E-state index in [9.17, 15) is 4.79 Å². The van der Waals surface area contributed by atoms with Gasteiger partial charge in [-0.3, -0.25) is 4.79 Å². The second-order valence-corrected chi connectivity index (χ2v) is 6.32. The minimum Gasteiger partial charge on any atom is -0.357 e. The number of nitrogens with zero attached hydrogens (tertiary/aromatic N) is 1. The number of amides is 1. The van der Waals surface area contributed by atoms with Gasteiger partial charge in [0, 0.05) is 25.2 Å². The molecule has 0 radical (unpaired) electrons. The highest BCUT2D eigenvalue weighted by atomic mass is 16.1. The van der Waals surface area contributed by atoms with Gasteiger partial charge in [-0.15, -0.1) is 0 Å². The molecule has 0 atom stereocenters. The van der Waals surface area contributed by atoms with Crippen molar-refractivity contribution in [2.45, 2.75) is 53.5 Å². The fourth-order valence-corrected chi connectivity index (χ4v) is 2.23. The molecule has 3 N–H and O–H groups in total. The number of guanidine groups is 1. The van der Waals surface area contributed by atoms with Gasteiger partial charge in [0.1, 0.15) is 0 Å². The zero-order valence-electron chi connectivity index (χ0n) is 15.5. The first-order valence-corrected chi connectivity index (χ1v) is 8.96. The van der Waals surface area contributed by atoms with Crippen LogP contribution in [0.3, 0.4) is 0 Å². The Labute approximate surface area is 146 Å². The third-order valence-corrected chi connectivity index (χ3v) is 3.39. The van der Waals surface area contributed by atoms with E-state index in [1.165, 1.54) is 0 Å². The third-order valence-electron chi connectivity index (χ3n) is 3.39. The molecule has 0 aliphatic rings. The van der Waals surface area contributed by atoms with Gasteiger partial charge in [0.15, 0.2) is 5.96 Å². The van der Waals surface area contributed by atoms with Gasteiger partial charge >= 0.3 is 0 Å². The topological polar surface area (TPSA) is 65.5 Å². The molecule has 1 aromatic rings. The quantitative estimate of drug-likeness (QED) is 0.368. The van der Waals surface area contributed by atoms with Gasteiger partial charge in [0.2, 0.25) is 5.91 Å². The van der Waals surface area contributed by atoms with Crippen LogP contribution in [0.15, 0.2) is 29.3 Å². The summed E-state index contributed by atoms with van der Waals surface area (Å²) in [4.78, 5) is 16.5. The summed E-state index contributed by atoms with van der Waals surface area (Å²) < 4.78 is 0. The molecule has 1 aromatic carbocycles. The van der Waals surface area contributed by atoms with Crippen LogP contribution in [0.5, 0.6) is 0 Å².